The molecule has 0 aliphatic carbocycles. The summed E-state index contributed by atoms with van der Waals surface area (Å²) in [4.78, 5) is 0. The van der Waals surface area contributed by atoms with E-state index in [-0.39, 0.29) is 11.8 Å². The maximum absolute atomic E-state index is 9.50. The molecule has 78 valence electrons. The molecule has 0 fully saturated rings. The van der Waals surface area contributed by atoms with E-state index < -0.39 is 0 Å². The molecule has 0 radical (unpaired) electrons. The zero-order chi connectivity index (χ0) is 10.7. The lowest BCUT2D eigenvalue weighted by atomic mass is 9.99. The number of methoxy groups -OCH3 is 1. The summed E-state index contributed by atoms with van der Waals surface area (Å²) in [6.45, 7) is 3.97. The second kappa shape index (κ2) is 4.33. The Balaban J connectivity index is 3.17. The fraction of sp³-hybridized carbons (Fsp3) is 0.455. The molecule has 0 saturated carbocycles. The van der Waals surface area contributed by atoms with Gasteiger partial charge in [0.1, 0.15) is 0 Å². The third-order valence-corrected chi connectivity index (χ3v) is 2.41. The number of aromatic hydroxyl groups is 1. The van der Waals surface area contributed by atoms with Crippen LogP contribution in [0.3, 0.4) is 0 Å². The Labute approximate surface area is 84.5 Å². The predicted octanol–water partition coefficient (Wildman–Crippen LogP) is 2.12. The van der Waals surface area contributed by atoms with Gasteiger partial charge >= 0.3 is 0 Å². The lowest BCUT2D eigenvalue weighted by Gasteiger charge is -2.14. The molecule has 1 unspecified atom stereocenters. The first-order valence-electron chi connectivity index (χ1n) is 4.73. The molecule has 1 rings (SSSR count). The van der Waals surface area contributed by atoms with E-state index in [1.54, 1.807) is 12.1 Å². The van der Waals surface area contributed by atoms with E-state index in [9.17, 15) is 5.11 Å². The summed E-state index contributed by atoms with van der Waals surface area (Å²) in [5, 5.41) is 9.50. The quantitative estimate of drug-likeness (QED) is 0.776. The van der Waals surface area contributed by atoms with Gasteiger partial charge in [0.25, 0.3) is 0 Å². The first kappa shape index (κ1) is 10.9. The van der Waals surface area contributed by atoms with Crippen molar-refractivity contribution in [1.29, 1.82) is 0 Å². The molecule has 0 bridgehead atoms. The smallest absolute Gasteiger partial charge is 0.160 e. The van der Waals surface area contributed by atoms with Crippen LogP contribution in [0, 0.1) is 6.92 Å². The molecule has 0 saturated heterocycles. The molecule has 1 aromatic carbocycles. The zero-order valence-corrected chi connectivity index (χ0v) is 8.87. The summed E-state index contributed by atoms with van der Waals surface area (Å²) in [5.74, 6) is 0.645. The summed E-state index contributed by atoms with van der Waals surface area (Å²) in [5.41, 5.74) is 7.96. The van der Waals surface area contributed by atoms with E-state index in [0.29, 0.717) is 5.75 Å². The van der Waals surface area contributed by atoms with E-state index in [1.165, 1.54) is 7.11 Å². The number of benzene rings is 1. The number of ether oxygens (including phenoxy) is 1. The number of rotatable bonds is 3. The SMILES string of the molecule is CCC(N)c1cc(OC)c(O)cc1C. The van der Waals surface area contributed by atoms with Crippen LogP contribution in [0.2, 0.25) is 0 Å². The molecule has 3 nitrogen and oxygen atoms in total. The van der Waals surface area contributed by atoms with Gasteiger partial charge in [0.15, 0.2) is 11.5 Å². The average Bonchev–Trinajstić information content (AvgIpc) is 2.17. The van der Waals surface area contributed by atoms with E-state index >= 15 is 0 Å². The van der Waals surface area contributed by atoms with Crippen LogP contribution in [0.15, 0.2) is 12.1 Å². The third-order valence-electron chi connectivity index (χ3n) is 2.41. The normalized spacial score (nSPS) is 12.6. The molecule has 14 heavy (non-hydrogen) atoms. The number of phenols is 1. The highest BCUT2D eigenvalue weighted by Crippen LogP contribution is 2.31. The summed E-state index contributed by atoms with van der Waals surface area (Å²) >= 11 is 0. The zero-order valence-electron chi connectivity index (χ0n) is 8.87. The first-order valence-corrected chi connectivity index (χ1v) is 4.73. The minimum Gasteiger partial charge on any atom is -0.504 e. The largest absolute Gasteiger partial charge is 0.504 e. The minimum absolute atomic E-state index is 0.00417. The molecule has 3 N–H and O–H groups in total. The van der Waals surface area contributed by atoms with E-state index in [2.05, 4.69) is 0 Å². The van der Waals surface area contributed by atoms with Crippen molar-refractivity contribution in [3.63, 3.8) is 0 Å². The van der Waals surface area contributed by atoms with Crippen LogP contribution in [0.5, 0.6) is 11.5 Å². The van der Waals surface area contributed by atoms with Crippen LogP contribution >= 0.6 is 0 Å². The Bertz CT molecular complexity index is 323. The number of hydrogen-bond acceptors (Lipinski definition) is 3. The Kier molecular flexibility index (Phi) is 3.36. The Hall–Kier alpha value is -1.22. The van der Waals surface area contributed by atoms with Gasteiger partial charge in [-0.1, -0.05) is 6.92 Å². The van der Waals surface area contributed by atoms with Crippen LogP contribution in [-0.4, -0.2) is 12.2 Å². The number of nitrogens with two attached hydrogens (primary N) is 1. The van der Waals surface area contributed by atoms with Crippen molar-refractivity contribution in [2.45, 2.75) is 26.3 Å². The maximum Gasteiger partial charge on any atom is 0.160 e. The molecule has 0 aliphatic rings. The monoisotopic (exact) mass is 195 g/mol. The molecule has 0 amide bonds. The maximum atomic E-state index is 9.50. The number of hydrogen-bond donors (Lipinski definition) is 2. The van der Waals surface area contributed by atoms with Crippen LogP contribution in [-0.2, 0) is 0 Å². The van der Waals surface area contributed by atoms with Crippen LogP contribution < -0.4 is 10.5 Å². The summed E-state index contributed by atoms with van der Waals surface area (Å²) in [6.07, 6.45) is 0.870. The van der Waals surface area contributed by atoms with Gasteiger partial charge in [-0.15, -0.1) is 0 Å². The fourth-order valence-electron chi connectivity index (χ4n) is 1.47. The highest BCUT2D eigenvalue weighted by atomic mass is 16.5. The van der Waals surface area contributed by atoms with Crippen LogP contribution in [0.1, 0.15) is 30.5 Å². The van der Waals surface area contributed by atoms with E-state index in [1.807, 2.05) is 13.8 Å². The van der Waals surface area contributed by atoms with Crippen LogP contribution in [0.4, 0.5) is 0 Å². The second-order valence-electron chi connectivity index (χ2n) is 3.40. The first-order chi connectivity index (χ1) is 6.60. The number of phenolic OH excluding ortho intramolecular Hbond substituents is 1. The topological polar surface area (TPSA) is 55.5 Å². The van der Waals surface area contributed by atoms with E-state index in [0.717, 1.165) is 17.5 Å². The molecule has 1 atom stereocenters. The van der Waals surface area contributed by atoms with Crippen molar-refractivity contribution < 1.29 is 9.84 Å². The van der Waals surface area contributed by atoms with Gasteiger partial charge in [0.2, 0.25) is 0 Å². The predicted molar refractivity (Wildman–Crippen MR) is 56.6 cm³/mol. The Morgan fingerprint density at radius 2 is 2.14 bits per heavy atom. The standard InChI is InChI=1S/C11H17NO2/c1-4-9(12)8-6-11(14-3)10(13)5-7(8)2/h5-6,9,13H,4,12H2,1-3H3. The Morgan fingerprint density at radius 1 is 1.50 bits per heavy atom. The van der Waals surface area contributed by atoms with Gasteiger partial charge in [0, 0.05) is 6.04 Å². The minimum atomic E-state index is 0.00417. The highest BCUT2D eigenvalue weighted by molar-refractivity contribution is 5.47. The summed E-state index contributed by atoms with van der Waals surface area (Å²) in [7, 11) is 1.53. The van der Waals surface area contributed by atoms with Crippen LogP contribution in [0.25, 0.3) is 0 Å². The lowest BCUT2D eigenvalue weighted by molar-refractivity contribution is 0.372. The molecule has 0 heterocycles. The van der Waals surface area contributed by atoms with Gasteiger partial charge in [0.05, 0.1) is 7.11 Å². The molecule has 3 heteroatoms. The third kappa shape index (κ3) is 1.99. The number of aryl methyl sites for hydroxylation is 1. The van der Waals surface area contributed by atoms with Crippen molar-refractivity contribution in [1.82, 2.24) is 0 Å². The molecule has 1 aromatic rings. The molecular formula is C11H17NO2. The fourth-order valence-corrected chi connectivity index (χ4v) is 1.47. The van der Waals surface area contributed by atoms with Gasteiger partial charge in [-0.2, -0.15) is 0 Å². The highest BCUT2D eigenvalue weighted by Gasteiger charge is 2.11. The van der Waals surface area contributed by atoms with Gasteiger partial charge in [-0.25, -0.2) is 0 Å². The van der Waals surface area contributed by atoms with Crippen molar-refractivity contribution in [2.75, 3.05) is 7.11 Å². The molecular weight excluding hydrogens is 178 g/mol. The summed E-state index contributed by atoms with van der Waals surface area (Å²) in [6, 6.07) is 3.49. The van der Waals surface area contributed by atoms with Crippen molar-refractivity contribution in [3.05, 3.63) is 23.3 Å². The van der Waals surface area contributed by atoms with Crippen molar-refractivity contribution in [3.8, 4) is 11.5 Å². The molecule has 0 aromatic heterocycles. The second-order valence-corrected chi connectivity index (χ2v) is 3.40. The van der Waals surface area contributed by atoms with Crippen molar-refractivity contribution >= 4 is 0 Å². The van der Waals surface area contributed by atoms with Crippen molar-refractivity contribution in [2.24, 2.45) is 5.73 Å². The average molecular weight is 195 g/mol. The lowest BCUT2D eigenvalue weighted by Crippen LogP contribution is -2.10. The van der Waals surface area contributed by atoms with Gasteiger partial charge in [-0.3, -0.25) is 0 Å². The molecule has 0 spiro atoms. The Morgan fingerprint density at radius 3 is 2.64 bits per heavy atom. The summed E-state index contributed by atoms with van der Waals surface area (Å²) < 4.78 is 5.03. The molecule has 0 aliphatic heterocycles. The van der Waals surface area contributed by atoms with Gasteiger partial charge < -0.3 is 15.6 Å². The van der Waals surface area contributed by atoms with Gasteiger partial charge in [-0.05, 0) is 36.6 Å². The van der Waals surface area contributed by atoms with E-state index in [4.69, 9.17) is 10.5 Å².